The first-order chi connectivity index (χ1) is 27.8. The van der Waals surface area contributed by atoms with Gasteiger partial charge in [-0.1, -0.05) is 87.9 Å². The lowest BCUT2D eigenvalue weighted by molar-refractivity contribution is -0.166. The lowest BCUT2D eigenvalue weighted by Gasteiger charge is -2.59. The summed E-state index contributed by atoms with van der Waals surface area (Å²) < 4.78 is 22.5. The van der Waals surface area contributed by atoms with Crippen LogP contribution < -0.4 is 15.8 Å². The van der Waals surface area contributed by atoms with Crippen LogP contribution in [0.4, 0.5) is 0 Å². The summed E-state index contributed by atoms with van der Waals surface area (Å²) in [5.74, 6) is 1.85. The van der Waals surface area contributed by atoms with Crippen molar-refractivity contribution < 1.29 is 24.4 Å². The molecule has 8 nitrogen and oxygen atoms in total. The van der Waals surface area contributed by atoms with Gasteiger partial charge in [-0.05, 0) is 110 Å². The van der Waals surface area contributed by atoms with Crippen LogP contribution in [0.5, 0.6) is 11.5 Å². The number of phenols is 1. The third-order valence-corrected chi connectivity index (χ3v) is 14.1. The summed E-state index contributed by atoms with van der Waals surface area (Å²) in [5.41, 5.74) is 13.6. The maximum absolute atomic E-state index is 11.3. The first-order valence-corrected chi connectivity index (χ1v) is 21.9. The van der Waals surface area contributed by atoms with Gasteiger partial charge in [0.15, 0.2) is 11.5 Å². The molecule has 1 spiro atoms. The first-order valence-electron chi connectivity index (χ1n) is 21.9. The number of aliphatic hydroxyl groups is 1. The minimum Gasteiger partial charge on any atom is -0.504 e. The van der Waals surface area contributed by atoms with Gasteiger partial charge in [-0.2, -0.15) is 0 Å². The molecule has 4 heterocycles. The zero-order chi connectivity index (χ0) is 39.0. The Morgan fingerprint density at radius 1 is 0.930 bits per heavy atom. The number of aromatic nitrogens is 1. The van der Waals surface area contributed by atoms with Crippen molar-refractivity contribution in [2.45, 2.75) is 139 Å². The van der Waals surface area contributed by atoms with E-state index in [0.717, 1.165) is 97.7 Å². The number of unbranched alkanes of at least 4 members (excludes halogenated alkanes) is 2. The summed E-state index contributed by atoms with van der Waals surface area (Å²) >= 11 is 0. The van der Waals surface area contributed by atoms with Crippen LogP contribution in [0.25, 0.3) is 16.6 Å². The average molecular weight is 772 g/mol. The fourth-order valence-corrected chi connectivity index (χ4v) is 11.2. The maximum atomic E-state index is 11.3. The van der Waals surface area contributed by atoms with E-state index in [2.05, 4.69) is 71.7 Å². The minimum absolute atomic E-state index is 0.0719. The van der Waals surface area contributed by atoms with Crippen molar-refractivity contribution in [1.82, 2.24) is 9.88 Å². The van der Waals surface area contributed by atoms with Crippen LogP contribution in [0.3, 0.4) is 0 Å². The molecule has 2 aliphatic carbocycles. The van der Waals surface area contributed by atoms with E-state index in [9.17, 15) is 10.2 Å². The van der Waals surface area contributed by atoms with E-state index >= 15 is 0 Å². The molecule has 1 unspecified atom stereocenters. The standard InChI is InChI=1S/C49H61N3O5/c1-2-3-5-11-40-28-39(53)17-13-33-14-18-43(54)44(25-33)56-32-37-27-38(26-36-29-52(30-41(36)37)47-35(31-55-40)16-20-46(50)51-47)49-23-24-57-48(21-8-4-9-22-48)45(49)19-15-34-10-6-7-12-42(34)49/h6-7,10,12,14,16,18,20,25-27,29-30,39-40,45-46,51,53-54H,2-5,8-9,11,13,15,17,19,21-24,28,31-32,50H2,1H3/t39-,40+,45+,46?,49+/m1/s1. The lowest BCUT2D eigenvalue weighted by Crippen LogP contribution is -2.59. The number of hydrogen-bond acceptors (Lipinski definition) is 7. The van der Waals surface area contributed by atoms with Crippen LogP contribution in [-0.2, 0) is 34.3 Å². The topological polar surface area (TPSA) is 111 Å². The number of fused-ring (bicyclic) bond motifs is 8. The van der Waals surface area contributed by atoms with Gasteiger partial charge in [0.25, 0.3) is 0 Å². The van der Waals surface area contributed by atoms with Gasteiger partial charge in [0.05, 0.1) is 30.6 Å². The number of rotatable bonds is 5. The Morgan fingerprint density at radius 2 is 1.81 bits per heavy atom. The Morgan fingerprint density at radius 3 is 2.68 bits per heavy atom. The molecular formula is C49H61N3O5. The highest BCUT2D eigenvalue weighted by molar-refractivity contribution is 5.88. The van der Waals surface area contributed by atoms with Gasteiger partial charge >= 0.3 is 0 Å². The average Bonchev–Trinajstić information content (AvgIpc) is 3.67. The number of ether oxygens (including phenoxy) is 3. The van der Waals surface area contributed by atoms with E-state index in [1.807, 2.05) is 18.2 Å². The molecular weight excluding hydrogens is 711 g/mol. The highest BCUT2D eigenvalue weighted by Crippen LogP contribution is 2.59. The molecule has 5 N–H and O–H groups in total. The molecule has 5 aliphatic rings. The zero-order valence-electron chi connectivity index (χ0n) is 33.7. The van der Waals surface area contributed by atoms with Crippen molar-refractivity contribution >= 4 is 16.6 Å². The summed E-state index contributed by atoms with van der Waals surface area (Å²) in [6, 6.07) is 19.6. The summed E-state index contributed by atoms with van der Waals surface area (Å²) in [5, 5.41) is 28.2. The molecule has 1 saturated carbocycles. The summed E-state index contributed by atoms with van der Waals surface area (Å²) in [6.07, 6.45) is 22.8. The Kier molecular flexibility index (Phi) is 11.0. The molecule has 4 bridgehead atoms. The molecule has 9 rings (SSSR count). The van der Waals surface area contributed by atoms with Gasteiger partial charge in [-0.3, -0.25) is 0 Å². The Balaban J connectivity index is 1.20. The summed E-state index contributed by atoms with van der Waals surface area (Å²) in [7, 11) is 0. The molecule has 0 radical (unpaired) electrons. The number of nitrogens with zero attached hydrogens (tertiary/aromatic N) is 1. The molecule has 3 aliphatic heterocycles. The molecule has 8 heteroatoms. The molecule has 2 fully saturated rings. The fourth-order valence-electron chi connectivity index (χ4n) is 11.2. The third kappa shape index (κ3) is 7.43. The van der Waals surface area contributed by atoms with Crippen molar-refractivity contribution in [2.24, 2.45) is 11.7 Å². The summed E-state index contributed by atoms with van der Waals surface area (Å²) in [6.45, 7) is 3.66. The highest BCUT2D eigenvalue weighted by Gasteiger charge is 2.58. The van der Waals surface area contributed by atoms with Gasteiger partial charge in [-0.25, -0.2) is 0 Å². The second kappa shape index (κ2) is 16.3. The number of nitrogens with one attached hydrogen (secondary N) is 1. The van der Waals surface area contributed by atoms with Gasteiger partial charge in [0, 0.05) is 46.7 Å². The van der Waals surface area contributed by atoms with Gasteiger partial charge < -0.3 is 40.0 Å². The maximum Gasteiger partial charge on any atom is 0.161 e. The van der Waals surface area contributed by atoms with E-state index in [4.69, 9.17) is 19.9 Å². The number of phenolic OH excluding ortho intramolecular Hbond substituents is 1. The van der Waals surface area contributed by atoms with Crippen LogP contribution >= 0.6 is 0 Å². The van der Waals surface area contributed by atoms with Crippen LogP contribution in [0.2, 0.25) is 0 Å². The Hall–Kier alpha value is -4.08. The van der Waals surface area contributed by atoms with Crippen molar-refractivity contribution in [2.75, 3.05) is 13.2 Å². The van der Waals surface area contributed by atoms with Crippen molar-refractivity contribution in [3.05, 3.63) is 113 Å². The number of aliphatic hydroxyl groups excluding tert-OH is 1. The van der Waals surface area contributed by atoms with Gasteiger partial charge in [0.2, 0.25) is 0 Å². The molecule has 57 heavy (non-hydrogen) atoms. The lowest BCUT2D eigenvalue weighted by atomic mass is 9.51. The predicted octanol–water partition coefficient (Wildman–Crippen LogP) is 9.17. The molecule has 5 atom stereocenters. The fraction of sp³-hybridized carbons (Fsp3) is 0.510. The van der Waals surface area contributed by atoms with E-state index in [1.165, 1.54) is 36.0 Å². The SMILES string of the molecule is CCCCC[C@H]1C[C@H](O)CCc2ccc(O)c(c2)OCc2cc([C@]34CCOC5(CCCCC5)[C@@H]3CCc3ccccc34)cc3cn(cc23)C2=C(C=CC(N)N2)CO1. The monoisotopic (exact) mass is 771 g/mol. The quantitative estimate of drug-likeness (QED) is 0.150. The van der Waals surface area contributed by atoms with Gasteiger partial charge in [-0.15, -0.1) is 0 Å². The molecule has 4 aromatic rings. The van der Waals surface area contributed by atoms with E-state index in [1.54, 1.807) is 6.07 Å². The van der Waals surface area contributed by atoms with E-state index in [0.29, 0.717) is 44.1 Å². The van der Waals surface area contributed by atoms with E-state index < -0.39 is 6.10 Å². The third-order valence-electron chi connectivity index (χ3n) is 14.1. The molecule has 302 valence electrons. The minimum atomic E-state index is -0.510. The predicted molar refractivity (Wildman–Crippen MR) is 226 cm³/mol. The van der Waals surface area contributed by atoms with Crippen LogP contribution in [0.15, 0.2) is 84.7 Å². The zero-order valence-corrected chi connectivity index (χ0v) is 33.7. The van der Waals surface area contributed by atoms with Gasteiger partial charge in [0.1, 0.15) is 12.4 Å². The Bertz CT molecular complexity index is 2120. The molecule has 1 saturated heterocycles. The molecule has 0 amide bonds. The number of aromatic hydroxyl groups is 1. The smallest absolute Gasteiger partial charge is 0.161 e. The van der Waals surface area contributed by atoms with Crippen LogP contribution in [-0.4, -0.2) is 52.0 Å². The number of hydrogen-bond donors (Lipinski definition) is 4. The number of benzene rings is 3. The second-order valence-corrected chi connectivity index (χ2v) is 17.6. The normalized spacial score (nSPS) is 27.5. The van der Waals surface area contributed by atoms with Crippen LogP contribution in [0, 0.1) is 5.92 Å². The van der Waals surface area contributed by atoms with Crippen molar-refractivity contribution in [3.63, 3.8) is 0 Å². The number of nitrogens with two attached hydrogens (primary N) is 1. The highest BCUT2D eigenvalue weighted by atomic mass is 16.5. The first kappa shape index (κ1) is 38.4. The van der Waals surface area contributed by atoms with E-state index in [-0.39, 0.29) is 29.0 Å². The van der Waals surface area contributed by atoms with Crippen molar-refractivity contribution in [3.8, 4) is 11.5 Å². The molecule has 1 aromatic heterocycles. The van der Waals surface area contributed by atoms with Crippen LogP contribution in [0.1, 0.15) is 118 Å². The Labute approximate surface area is 338 Å². The summed E-state index contributed by atoms with van der Waals surface area (Å²) in [4.78, 5) is 0. The van der Waals surface area contributed by atoms with Crippen molar-refractivity contribution in [1.29, 1.82) is 0 Å². The molecule has 3 aromatic carbocycles. The number of aryl methyl sites for hydroxylation is 2. The second-order valence-electron chi connectivity index (χ2n) is 17.6. The number of dihydropyridines is 1. The largest absolute Gasteiger partial charge is 0.504 e.